The molecule has 0 aromatic carbocycles. The topological polar surface area (TPSA) is 57.2 Å². The van der Waals surface area contributed by atoms with Gasteiger partial charge in [0.1, 0.15) is 0 Å². The van der Waals surface area contributed by atoms with E-state index in [9.17, 15) is 4.79 Å². The van der Waals surface area contributed by atoms with E-state index in [1.807, 2.05) is 6.92 Å². The van der Waals surface area contributed by atoms with Gasteiger partial charge in [-0.2, -0.15) is 0 Å². The molecule has 0 heterocycles. The van der Waals surface area contributed by atoms with Crippen molar-refractivity contribution in [3.8, 4) is 0 Å². The fraction of sp³-hybridized carbons (Fsp3) is 0.667. The number of rotatable bonds is 2. The van der Waals surface area contributed by atoms with Crippen LogP contribution in [-0.2, 0) is 9.59 Å². The third kappa shape index (κ3) is 47.8. The van der Waals surface area contributed by atoms with E-state index in [-0.39, 0.29) is 15.2 Å². The van der Waals surface area contributed by atoms with Crippen molar-refractivity contribution in [2.75, 3.05) is 0 Å². The fourth-order valence-corrected chi connectivity index (χ4v) is 0.862. The van der Waals surface area contributed by atoms with Crippen LogP contribution in [0.1, 0.15) is 20.8 Å². The molecule has 0 amide bonds. The van der Waals surface area contributed by atoms with E-state index in [4.69, 9.17) is 9.90 Å². The molecule has 0 aliphatic rings. The average Bonchev–Trinajstić information content (AvgIpc) is 1.62. The van der Waals surface area contributed by atoms with Crippen molar-refractivity contribution in [3.63, 3.8) is 0 Å². The first-order valence-corrected chi connectivity index (χ1v) is 4.41. The van der Waals surface area contributed by atoms with Gasteiger partial charge in [0.2, 0.25) is 0 Å². The van der Waals surface area contributed by atoms with Crippen LogP contribution in [0.15, 0.2) is 0 Å². The zero-order chi connectivity index (χ0) is 8.57. The zero-order valence-corrected chi connectivity index (χ0v) is 7.66. The molecule has 0 rings (SSSR count). The Morgan fingerprint density at radius 3 is 1.70 bits per heavy atom. The first kappa shape index (κ1) is 12.4. The van der Waals surface area contributed by atoms with Gasteiger partial charge in [0.15, 0.2) is 0 Å². The molecule has 0 N–H and O–H groups in total. The van der Waals surface area contributed by atoms with Crippen LogP contribution in [0.3, 0.4) is 0 Å². The van der Waals surface area contributed by atoms with Crippen LogP contribution in [0.2, 0.25) is 5.28 Å². The molecular weight excluding hydrogens is 147 g/mol. The van der Waals surface area contributed by atoms with E-state index in [0.29, 0.717) is 4.65 Å². The normalized spacial score (nSPS) is 6.70. The second-order valence-electron chi connectivity index (χ2n) is 1.71. The van der Waals surface area contributed by atoms with Crippen molar-refractivity contribution in [1.29, 1.82) is 0 Å². The number of hydrogen-bond acceptors (Lipinski definition) is 3. The number of carboxylic acids is 1. The molecule has 0 fully saturated rings. The van der Waals surface area contributed by atoms with E-state index in [1.165, 1.54) is 0 Å². The number of carbonyl (C=O) groups is 2. The molecule has 56 valence electrons. The second-order valence-corrected chi connectivity index (χ2v) is 3.75. The van der Waals surface area contributed by atoms with Crippen molar-refractivity contribution in [3.05, 3.63) is 0 Å². The van der Waals surface area contributed by atoms with Crippen LogP contribution >= 0.6 is 0 Å². The molecule has 10 heavy (non-hydrogen) atoms. The Hall–Kier alpha value is -0.328. The van der Waals surface area contributed by atoms with Gasteiger partial charge in [-0.05, 0) is 6.92 Å². The van der Waals surface area contributed by atoms with Gasteiger partial charge in [-0.1, -0.05) is 0 Å². The quantitative estimate of drug-likeness (QED) is 0.506. The standard InChI is InChI=1S/C2H4O2.C2H3O.C2H5.Al/c1-2(3)4;1-2-3;1-2;/h1H3,(H,3,4);1H3;1H2,2H3;/q;;;+1/p-1. The number of carboxylic acid groups (broad SMARTS) is 1. The van der Waals surface area contributed by atoms with Crippen LogP contribution < -0.4 is 5.11 Å². The Labute approximate surface area is 67.1 Å². The molecule has 0 bridgehead atoms. The van der Waals surface area contributed by atoms with E-state index in [0.717, 1.165) is 12.2 Å². The van der Waals surface area contributed by atoms with Crippen molar-refractivity contribution in [2.24, 2.45) is 0 Å². The molecule has 0 aromatic rings. The maximum atomic E-state index is 10.1. The summed E-state index contributed by atoms with van der Waals surface area (Å²) in [7, 11) is 0. The monoisotopic (exact) mass is 158 g/mol. The number of carbonyl (C=O) groups excluding carboxylic acids is 2. The van der Waals surface area contributed by atoms with Crippen molar-refractivity contribution in [1.82, 2.24) is 0 Å². The molecule has 0 radical (unpaired) electrons. The Balaban J connectivity index is 0. The van der Waals surface area contributed by atoms with Gasteiger partial charge in [0.25, 0.3) is 0 Å². The van der Waals surface area contributed by atoms with Gasteiger partial charge >= 0.3 is 43.8 Å². The van der Waals surface area contributed by atoms with Gasteiger partial charge in [-0.3, -0.25) is 0 Å². The van der Waals surface area contributed by atoms with Crippen LogP contribution in [-0.4, -0.2) is 25.8 Å². The Morgan fingerprint density at radius 2 is 1.70 bits per heavy atom. The SMILES string of the molecule is CC(=O)[O-].C[CH2][Al+][C](C)=O. The van der Waals surface area contributed by atoms with Gasteiger partial charge in [-0.15, -0.1) is 0 Å². The summed E-state index contributed by atoms with van der Waals surface area (Å²) in [5, 5.41) is 9.95. The van der Waals surface area contributed by atoms with Crippen molar-refractivity contribution < 1.29 is 14.7 Å². The van der Waals surface area contributed by atoms with Crippen LogP contribution in [0.4, 0.5) is 0 Å². The Kier molecular flexibility index (Phi) is 10.7. The van der Waals surface area contributed by atoms with Gasteiger partial charge in [0.05, 0.1) is 0 Å². The summed E-state index contributed by atoms with van der Waals surface area (Å²) in [4.78, 5) is 19.0. The molecule has 0 aromatic heterocycles. The third-order valence-electron chi connectivity index (χ3n) is 0.492. The first-order chi connectivity index (χ1) is 4.50. The second kappa shape index (κ2) is 8.67. The molecule has 0 atom stereocenters. The molecule has 0 saturated heterocycles. The predicted octanol–water partition coefficient (Wildman–Crippen LogP) is -0.569. The van der Waals surface area contributed by atoms with E-state index in [1.54, 1.807) is 6.92 Å². The molecule has 0 aliphatic carbocycles. The molecule has 0 unspecified atom stereocenters. The van der Waals surface area contributed by atoms with E-state index < -0.39 is 5.97 Å². The van der Waals surface area contributed by atoms with Crippen molar-refractivity contribution in [2.45, 2.75) is 26.1 Å². The summed E-state index contributed by atoms with van der Waals surface area (Å²) in [6.07, 6.45) is 0. The van der Waals surface area contributed by atoms with Gasteiger partial charge in [-0.25, -0.2) is 0 Å². The van der Waals surface area contributed by atoms with Crippen LogP contribution in [0.25, 0.3) is 0 Å². The van der Waals surface area contributed by atoms with Gasteiger partial charge in [0, 0.05) is 5.97 Å². The first-order valence-electron chi connectivity index (χ1n) is 3.02. The molecule has 0 spiro atoms. The molecule has 0 saturated carbocycles. The summed E-state index contributed by atoms with van der Waals surface area (Å²) < 4.78 is 0.373. The minimum absolute atomic E-state index is 0.125. The minimum atomic E-state index is -1.08. The molecule has 4 heteroatoms. The molecular formula is C6H11AlO3. The third-order valence-corrected chi connectivity index (χ3v) is 1.47. The van der Waals surface area contributed by atoms with Crippen LogP contribution in [0.5, 0.6) is 0 Å². The summed E-state index contributed by atoms with van der Waals surface area (Å²) in [5.41, 5.74) is 0. The summed E-state index contributed by atoms with van der Waals surface area (Å²) in [6, 6.07) is 0. The van der Waals surface area contributed by atoms with E-state index >= 15 is 0 Å². The van der Waals surface area contributed by atoms with E-state index in [2.05, 4.69) is 0 Å². The summed E-state index contributed by atoms with van der Waals surface area (Å²) in [5.74, 6) is -1.08. The van der Waals surface area contributed by atoms with Crippen LogP contribution in [0, 0.1) is 0 Å². The molecule has 3 nitrogen and oxygen atoms in total. The zero-order valence-electron chi connectivity index (χ0n) is 6.51. The predicted molar refractivity (Wildman–Crippen MR) is 37.6 cm³/mol. The fourth-order valence-electron chi connectivity index (χ4n) is 0.287. The summed E-state index contributed by atoms with van der Waals surface area (Å²) >= 11 is 0.125. The summed E-state index contributed by atoms with van der Waals surface area (Å²) in [6.45, 7) is 4.66. The van der Waals surface area contributed by atoms with Gasteiger partial charge < -0.3 is 9.90 Å². The number of hydrogen-bond donors (Lipinski definition) is 0. The molecule has 0 aliphatic heterocycles. The maximum absolute atomic E-state index is 10.1. The Morgan fingerprint density at radius 1 is 1.40 bits per heavy atom. The van der Waals surface area contributed by atoms with Crippen molar-refractivity contribution >= 4 is 25.8 Å². The average molecular weight is 158 g/mol. The number of aliphatic carboxylic acids is 1. The Bertz CT molecular complexity index is 108.